The van der Waals surface area contributed by atoms with Gasteiger partial charge in [0.1, 0.15) is 6.17 Å². The van der Waals surface area contributed by atoms with Gasteiger partial charge in [0.25, 0.3) is 5.56 Å². The van der Waals surface area contributed by atoms with E-state index in [1.54, 1.807) is 18.9 Å². The summed E-state index contributed by atoms with van der Waals surface area (Å²) in [6.07, 6.45) is -0.392. The Morgan fingerprint density at radius 2 is 1.69 bits per heavy atom. The predicted molar refractivity (Wildman–Crippen MR) is 123 cm³/mol. The highest BCUT2D eigenvalue weighted by molar-refractivity contribution is 5.76. The lowest BCUT2D eigenvalue weighted by Gasteiger charge is -2.30. The molecule has 2 heterocycles. The fourth-order valence-electron chi connectivity index (χ4n) is 3.91. The van der Waals surface area contributed by atoms with Crippen LogP contribution in [-0.4, -0.2) is 29.0 Å². The molecular weight excluding hydrogens is 404 g/mol. The molecular formula is C25H22N4O3. The van der Waals surface area contributed by atoms with Crippen LogP contribution in [0.25, 0.3) is 22.6 Å². The Balaban J connectivity index is 1.72. The molecule has 0 fully saturated rings. The number of aromatic nitrogens is 3. The molecule has 3 aromatic carbocycles. The van der Waals surface area contributed by atoms with E-state index >= 15 is 0 Å². The van der Waals surface area contributed by atoms with Crippen LogP contribution in [0.2, 0.25) is 0 Å². The van der Waals surface area contributed by atoms with Crippen LogP contribution in [0.1, 0.15) is 17.3 Å². The van der Waals surface area contributed by atoms with Gasteiger partial charge in [-0.25, -0.2) is 4.68 Å². The van der Waals surface area contributed by atoms with Crippen molar-refractivity contribution in [3.63, 3.8) is 0 Å². The van der Waals surface area contributed by atoms with E-state index in [9.17, 15) is 4.79 Å². The fourth-order valence-corrected chi connectivity index (χ4v) is 3.91. The second-order valence-corrected chi connectivity index (χ2v) is 7.61. The van der Waals surface area contributed by atoms with E-state index in [1.165, 1.54) is 0 Å². The molecule has 1 atom stereocenters. The summed E-state index contributed by atoms with van der Waals surface area (Å²) in [6.45, 7) is 2.00. The van der Waals surface area contributed by atoms with Crippen molar-refractivity contribution in [2.45, 2.75) is 13.1 Å². The Morgan fingerprint density at radius 1 is 0.938 bits per heavy atom. The number of benzene rings is 3. The number of aryl methyl sites for hydroxylation is 1. The smallest absolute Gasteiger partial charge is 0.300 e. The number of ether oxygens (including phenoxy) is 2. The van der Waals surface area contributed by atoms with Gasteiger partial charge in [-0.2, -0.15) is 10.1 Å². The van der Waals surface area contributed by atoms with Crippen LogP contribution in [0.5, 0.6) is 11.5 Å². The van der Waals surface area contributed by atoms with Crippen molar-refractivity contribution in [3.8, 4) is 34.1 Å². The van der Waals surface area contributed by atoms with Gasteiger partial charge in [-0.1, -0.05) is 48.0 Å². The van der Waals surface area contributed by atoms with Crippen molar-refractivity contribution < 1.29 is 9.47 Å². The van der Waals surface area contributed by atoms with Gasteiger partial charge in [0, 0.05) is 22.4 Å². The summed E-state index contributed by atoms with van der Waals surface area (Å²) in [5.74, 6) is 1.76. The first-order valence-electron chi connectivity index (χ1n) is 10.2. The molecule has 0 saturated carbocycles. The Bertz CT molecular complexity index is 1360. The van der Waals surface area contributed by atoms with Crippen molar-refractivity contribution in [2.75, 3.05) is 19.5 Å². The highest BCUT2D eigenvalue weighted by Gasteiger charge is 2.28. The summed E-state index contributed by atoms with van der Waals surface area (Å²) >= 11 is 0. The summed E-state index contributed by atoms with van der Waals surface area (Å²) in [6, 6.07) is 21.2. The van der Waals surface area contributed by atoms with E-state index in [2.05, 4.69) is 10.3 Å². The highest BCUT2D eigenvalue weighted by Crippen LogP contribution is 2.38. The zero-order valence-corrected chi connectivity index (χ0v) is 18.0. The average Bonchev–Trinajstić information content (AvgIpc) is 2.83. The third-order valence-corrected chi connectivity index (χ3v) is 5.59. The number of fused-ring (bicyclic) bond motifs is 3. The van der Waals surface area contributed by atoms with Gasteiger partial charge in [-0.15, -0.1) is 0 Å². The van der Waals surface area contributed by atoms with Gasteiger partial charge in [0.2, 0.25) is 0 Å². The number of nitrogens with zero attached hydrogens (tertiary/aromatic N) is 3. The van der Waals surface area contributed by atoms with Crippen LogP contribution in [0.15, 0.2) is 71.5 Å². The van der Waals surface area contributed by atoms with Crippen molar-refractivity contribution in [1.82, 2.24) is 14.8 Å². The summed E-state index contributed by atoms with van der Waals surface area (Å²) in [5.41, 5.74) is 4.38. The first-order chi connectivity index (χ1) is 15.6. The molecule has 0 saturated heterocycles. The first kappa shape index (κ1) is 19.8. The average molecular weight is 426 g/mol. The fraction of sp³-hybridized carbons (Fsp3) is 0.160. The normalized spacial score (nSPS) is 14.2. The number of anilines is 1. The zero-order chi connectivity index (χ0) is 22.2. The van der Waals surface area contributed by atoms with Crippen LogP contribution >= 0.6 is 0 Å². The molecule has 160 valence electrons. The highest BCUT2D eigenvalue weighted by atomic mass is 16.5. The number of hydrogen-bond donors (Lipinski definition) is 1. The molecule has 0 spiro atoms. The minimum absolute atomic E-state index is 0.306. The molecule has 1 aliphatic rings. The van der Waals surface area contributed by atoms with Crippen molar-refractivity contribution >= 4 is 5.69 Å². The Kier molecular flexibility index (Phi) is 4.86. The molecule has 5 rings (SSSR count). The van der Waals surface area contributed by atoms with Gasteiger partial charge in [0.05, 0.1) is 14.2 Å². The third kappa shape index (κ3) is 3.28. The van der Waals surface area contributed by atoms with Gasteiger partial charge in [-0.3, -0.25) is 4.79 Å². The van der Waals surface area contributed by atoms with E-state index in [0.29, 0.717) is 23.0 Å². The van der Waals surface area contributed by atoms with Crippen LogP contribution in [0, 0.1) is 6.92 Å². The summed E-state index contributed by atoms with van der Waals surface area (Å²) in [4.78, 5) is 17.4. The van der Waals surface area contributed by atoms with Crippen molar-refractivity contribution in [3.05, 3.63) is 88.2 Å². The lowest BCUT2D eigenvalue weighted by Crippen LogP contribution is -2.32. The quantitative estimate of drug-likeness (QED) is 0.525. The second kappa shape index (κ2) is 7.85. The summed E-state index contributed by atoms with van der Waals surface area (Å²) in [5, 5.41) is 8.30. The van der Waals surface area contributed by atoms with Crippen LogP contribution in [-0.2, 0) is 0 Å². The number of rotatable bonds is 4. The molecule has 7 heteroatoms. The summed E-state index contributed by atoms with van der Waals surface area (Å²) in [7, 11) is 3.21. The predicted octanol–water partition coefficient (Wildman–Crippen LogP) is 4.27. The van der Waals surface area contributed by atoms with E-state index in [1.807, 2.05) is 73.7 Å². The van der Waals surface area contributed by atoms with E-state index in [4.69, 9.17) is 14.6 Å². The van der Waals surface area contributed by atoms with Crippen LogP contribution < -0.4 is 20.3 Å². The Labute approximate surface area is 185 Å². The Hall–Kier alpha value is -4.13. The number of hydrogen-bond acceptors (Lipinski definition) is 6. The van der Waals surface area contributed by atoms with Crippen LogP contribution in [0.3, 0.4) is 0 Å². The molecule has 0 bridgehead atoms. The SMILES string of the molecule is COc1ccc(C2Nc3ccccc3-c3nc(=O)c(-c4ccc(C)cc4)nn32)cc1OC. The molecule has 1 unspecified atom stereocenters. The van der Waals surface area contributed by atoms with Crippen molar-refractivity contribution in [1.29, 1.82) is 0 Å². The Morgan fingerprint density at radius 3 is 2.44 bits per heavy atom. The number of methoxy groups -OCH3 is 2. The minimum Gasteiger partial charge on any atom is -0.493 e. The molecule has 32 heavy (non-hydrogen) atoms. The zero-order valence-electron chi connectivity index (χ0n) is 18.0. The number of para-hydroxylation sites is 1. The molecule has 1 aliphatic heterocycles. The molecule has 1 N–H and O–H groups in total. The third-order valence-electron chi connectivity index (χ3n) is 5.59. The van der Waals surface area contributed by atoms with E-state index in [0.717, 1.165) is 27.9 Å². The maximum atomic E-state index is 13.0. The van der Waals surface area contributed by atoms with Crippen molar-refractivity contribution in [2.24, 2.45) is 0 Å². The topological polar surface area (TPSA) is 78.3 Å². The van der Waals surface area contributed by atoms with Gasteiger partial charge in [-0.05, 0) is 31.2 Å². The maximum absolute atomic E-state index is 13.0. The lowest BCUT2D eigenvalue weighted by atomic mass is 10.1. The minimum atomic E-state index is -0.392. The largest absolute Gasteiger partial charge is 0.493 e. The molecule has 0 amide bonds. The van der Waals surface area contributed by atoms with E-state index < -0.39 is 6.17 Å². The monoisotopic (exact) mass is 426 g/mol. The standard InChI is InChI=1S/C25H22N4O3/c1-15-8-10-16(11-9-15)22-25(30)27-24-18-6-4-5-7-19(18)26-23(29(24)28-22)17-12-13-20(31-2)21(14-17)32-3/h4-14,23,26H,1-3H3. The first-order valence-corrected chi connectivity index (χ1v) is 10.2. The van der Waals surface area contributed by atoms with E-state index in [-0.39, 0.29) is 5.56 Å². The molecule has 0 aliphatic carbocycles. The van der Waals surface area contributed by atoms with Crippen LogP contribution in [0.4, 0.5) is 5.69 Å². The molecule has 1 aromatic heterocycles. The number of nitrogens with one attached hydrogen (secondary N) is 1. The molecule has 0 radical (unpaired) electrons. The lowest BCUT2D eigenvalue weighted by molar-refractivity contribution is 0.354. The van der Waals surface area contributed by atoms with Gasteiger partial charge < -0.3 is 14.8 Å². The summed E-state index contributed by atoms with van der Waals surface area (Å²) < 4.78 is 12.6. The molecule has 4 aromatic rings. The maximum Gasteiger partial charge on any atom is 0.300 e. The van der Waals surface area contributed by atoms with Gasteiger partial charge in [0.15, 0.2) is 23.0 Å². The molecule has 7 nitrogen and oxygen atoms in total. The van der Waals surface area contributed by atoms with Gasteiger partial charge >= 0.3 is 0 Å². The second-order valence-electron chi connectivity index (χ2n) is 7.61.